The lowest BCUT2D eigenvalue weighted by Gasteiger charge is -2.24. The Morgan fingerprint density at radius 3 is 2.57 bits per heavy atom. The minimum Gasteiger partial charge on any atom is -0.494 e. The van der Waals surface area contributed by atoms with Gasteiger partial charge in [-0.3, -0.25) is 14.4 Å². The summed E-state index contributed by atoms with van der Waals surface area (Å²) in [6, 6.07) is 14.8. The Bertz CT molecular complexity index is 1290. The van der Waals surface area contributed by atoms with Crippen molar-refractivity contribution in [3.05, 3.63) is 66.1 Å². The summed E-state index contributed by atoms with van der Waals surface area (Å²) in [4.78, 5) is 42.0. The van der Waals surface area contributed by atoms with Crippen LogP contribution in [0.25, 0.3) is 11.3 Å². The molecular weight excluding hydrogens is 510 g/mol. The van der Waals surface area contributed by atoms with E-state index in [1.165, 1.54) is 23.1 Å². The predicted octanol–water partition coefficient (Wildman–Crippen LogP) is 5.55. The zero-order valence-electron chi connectivity index (χ0n) is 20.2. The monoisotopic (exact) mass is 537 g/mol. The van der Waals surface area contributed by atoms with E-state index in [1.54, 1.807) is 24.3 Å². The number of rotatable bonds is 10. The molecule has 3 aromatic rings. The summed E-state index contributed by atoms with van der Waals surface area (Å²) in [5.74, 6) is -1.85. The van der Waals surface area contributed by atoms with Gasteiger partial charge < -0.3 is 20.5 Å². The first-order valence-corrected chi connectivity index (χ1v) is 13.7. The number of carbonyl (C=O) groups is 3. The highest BCUT2D eigenvalue weighted by Gasteiger charge is 2.33. The molecule has 1 aliphatic carbocycles. The van der Waals surface area contributed by atoms with Gasteiger partial charge in [-0.25, -0.2) is 4.98 Å². The van der Waals surface area contributed by atoms with E-state index in [2.05, 4.69) is 15.6 Å². The van der Waals surface area contributed by atoms with E-state index >= 15 is 0 Å². The second-order valence-corrected chi connectivity index (χ2v) is 10.3. The van der Waals surface area contributed by atoms with Gasteiger partial charge in [-0.2, -0.15) is 0 Å². The van der Waals surface area contributed by atoms with Crippen molar-refractivity contribution in [1.82, 2.24) is 4.98 Å². The number of thioether (sulfide) groups is 1. The molecule has 0 saturated heterocycles. The number of hydrogen-bond acceptors (Lipinski definition) is 7. The molecule has 0 fully saturated rings. The largest absolute Gasteiger partial charge is 0.494 e. The molecule has 1 heterocycles. The van der Waals surface area contributed by atoms with Gasteiger partial charge in [0.15, 0.2) is 5.13 Å². The number of anilines is 2. The Balaban J connectivity index is 1.29. The van der Waals surface area contributed by atoms with Crippen molar-refractivity contribution in [3.8, 4) is 17.0 Å². The summed E-state index contributed by atoms with van der Waals surface area (Å²) in [7, 11) is 0. The summed E-state index contributed by atoms with van der Waals surface area (Å²) in [6.07, 6.45) is 4.39. The molecule has 8 nitrogen and oxygen atoms in total. The zero-order chi connectivity index (χ0) is 26.2. The summed E-state index contributed by atoms with van der Waals surface area (Å²) in [5.41, 5.74) is 2.28. The van der Waals surface area contributed by atoms with Gasteiger partial charge in [-0.05, 0) is 62.2 Å². The summed E-state index contributed by atoms with van der Waals surface area (Å²) in [6.45, 7) is 2.54. The number of aliphatic carboxylic acids is 1. The van der Waals surface area contributed by atoms with E-state index in [-0.39, 0.29) is 17.6 Å². The molecule has 10 heteroatoms. The van der Waals surface area contributed by atoms with E-state index in [4.69, 9.17) is 4.74 Å². The highest BCUT2D eigenvalue weighted by Crippen LogP contribution is 2.29. The van der Waals surface area contributed by atoms with E-state index < -0.39 is 17.8 Å². The molecule has 0 spiro atoms. The minimum absolute atomic E-state index is 0.171. The number of carbonyl (C=O) groups excluding carboxylic acids is 2. The van der Waals surface area contributed by atoms with Crippen LogP contribution in [0.3, 0.4) is 0 Å². The fourth-order valence-corrected chi connectivity index (χ4v) is 5.42. The fourth-order valence-electron chi connectivity index (χ4n) is 3.93. The topological polar surface area (TPSA) is 118 Å². The number of aromatic nitrogens is 1. The number of amides is 2. The van der Waals surface area contributed by atoms with E-state index in [0.29, 0.717) is 30.3 Å². The number of thiazole rings is 1. The number of carboxylic acid groups (broad SMARTS) is 1. The molecule has 0 aliphatic heterocycles. The van der Waals surface area contributed by atoms with Gasteiger partial charge in [0.25, 0.3) is 0 Å². The van der Waals surface area contributed by atoms with Crippen molar-refractivity contribution < 1.29 is 24.2 Å². The van der Waals surface area contributed by atoms with E-state index in [0.717, 1.165) is 21.9 Å². The maximum absolute atomic E-state index is 12.7. The van der Waals surface area contributed by atoms with Crippen LogP contribution in [0.4, 0.5) is 10.8 Å². The number of ether oxygens (including phenoxy) is 1. The Kier molecular flexibility index (Phi) is 8.97. The van der Waals surface area contributed by atoms with Crippen molar-refractivity contribution in [2.75, 3.05) is 23.0 Å². The third kappa shape index (κ3) is 7.21. The Labute approximate surface area is 223 Å². The maximum atomic E-state index is 12.7. The van der Waals surface area contributed by atoms with Gasteiger partial charge in [0.2, 0.25) is 11.8 Å². The lowest BCUT2D eigenvalue weighted by molar-refractivity contribution is -0.146. The second-order valence-electron chi connectivity index (χ2n) is 8.34. The average molecular weight is 538 g/mol. The van der Waals surface area contributed by atoms with Crippen LogP contribution in [0.15, 0.2) is 71.0 Å². The minimum atomic E-state index is -0.966. The van der Waals surface area contributed by atoms with Crippen LogP contribution in [0.5, 0.6) is 5.75 Å². The van der Waals surface area contributed by atoms with Crippen molar-refractivity contribution >= 4 is 51.7 Å². The maximum Gasteiger partial charge on any atom is 0.307 e. The molecule has 2 atom stereocenters. The summed E-state index contributed by atoms with van der Waals surface area (Å²) >= 11 is 2.69. The standard InChI is InChI=1S/C27H27N3O5S2/c1-2-35-19-12-10-17(11-13-19)23-15-37-27(29-23)30-24(31)16-36-20-7-5-6-18(14-20)28-25(32)21-8-3-4-9-22(21)26(33)34/h3-7,10-15,21-22H,2,8-9,16H2,1H3,(H,28,32)(H,33,34)(H,29,30,31). The summed E-state index contributed by atoms with van der Waals surface area (Å²) in [5, 5.41) is 17.5. The molecule has 0 saturated carbocycles. The number of benzene rings is 2. The van der Waals surface area contributed by atoms with Crippen LogP contribution in [-0.2, 0) is 14.4 Å². The number of hydrogen-bond donors (Lipinski definition) is 3. The average Bonchev–Trinajstić information content (AvgIpc) is 3.36. The first-order chi connectivity index (χ1) is 17.9. The van der Waals surface area contributed by atoms with Crippen molar-refractivity contribution in [2.24, 2.45) is 11.8 Å². The molecular formula is C27H27N3O5S2. The third-order valence-electron chi connectivity index (χ3n) is 5.77. The molecule has 0 bridgehead atoms. The lowest BCUT2D eigenvalue weighted by Crippen LogP contribution is -2.34. The number of nitrogens with one attached hydrogen (secondary N) is 2. The SMILES string of the molecule is CCOc1ccc(-c2csc(NC(=O)CSc3cccc(NC(=O)C4CC=CCC4C(=O)O)c3)n2)cc1. The lowest BCUT2D eigenvalue weighted by atomic mass is 9.82. The number of carboxylic acids is 1. The number of allylic oxidation sites excluding steroid dienone is 2. The smallest absolute Gasteiger partial charge is 0.307 e. The Morgan fingerprint density at radius 2 is 1.84 bits per heavy atom. The second kappa shape index (κ2) is 12.6. The summed E-state index contributed by atoms with van der Waals surface area (Å²) < 4.78 is 5.46. The van der Waals surface area contributed by atoms with Crippen molar-refractivity contribution in [1.29, 1.82) is 0 Å². The van der Waals surface area contributed by atoms with Gasteiger partial charge in [-0.1, -0.05) is 18.2 Å². The predicted molar refractivity (Wildman–Crippen MR) is 146 cm³/mol. The molecule has 2 aromatic carbocycles. The van der Waals surface area contributed by atoms with Crippen molar-refractivity contribution in [2.45, 2.75) is 24.7 Å². The molecule has 37 heavy (non-hydrogen) atoms. The first kappa shape index (κ1) is 26.4. The Morgan fingerprint density at radius 1 is 1.08 bits per heavy atom. The van der Waals surface area contributed by atoms with E-state index in [1.807, 2.05) is 48.7 Å². The van der Waals surface area contributed by atoms with Gasteiger partial charge in [0, 0.05) is 21.5 Å². The molecule has 4 rings (SSSR count). The van der Waals surface area contributed by atoms with Gasteiger partial charge in [-0.15, -0.1) is 23.1 Å². The van der Waals surface area contributed by atoms with Crippen LogP contribution in [0, 0.1) is 11.8 Å². The molecule has 1 aromatic heterocycles. The van der Waals surface area contributed by atoms with Crippen LogP contribution < -0.4 is 15.4 Å². The molecule has 192 valence electrons. The van der Waals surface area contributed by atoms with Crippen LogP contribution in [0.2, 0.25) is 0 Å². The molecule has 3 N–H and O–H groups in total. The van der Waals surface area contributed by atoms with Crippen LogP contribution in [-0.4, -0.2) is 40.2 Å². The van der Waals surface area contributed by atoms with Crippen LogP contribution >= 0.6 is 23.1 Å². The molecule has 2 unspecified atom stereocenters. The van der Waals surface area contributed by atoms with Crippen LogP contribution in [0.1, 0.15) is 19.8 Å². The molecule has 2 amide bonds. The first-order valence-electron chi connectivity index (χ1n) is 11.8. The van der Waals surface area contributed by atoms with Gasteiger partial charge in [0.1, 0.15) is 5.75 Å². The quantitative estimate of drug-likeness (QED) is 0.229. The highest BCUT2D eigenvalue weighted by atomic mass is 32.2. The fraction of sp³-hybridized carbons (Fsp3) is 0.259. The molecule has 1 aliphatic rings. The third-order valence-corrected chi connectivity index (χ3v) is 7.52. The molecule has 0 radical (unpaired) electrons. The van der Waals surface area contributed by atoms with Gasteiger partial charge >= 0.3 is 5.97 Å². The van der Waals surface area contributed by atoms with E-state index in [9.17, 15) is 19.5 Å². The van der Waals surface area contributed by atoms with Gasteiger partial charge in [0.05, 0.1) is 29.9 Å². The Hall–Kier alpha value is -3.63. The zero-order valence-corrected chi connectivity index (χ0v) is 21.8. The normalized spacial score (nSPS) is 16.7. The van der Waals surface area contributed by atoms with Crippen molar-refractivity contribution in [3.63, 3.8) is 0 Å². The number of nitrogens with zero attached hydrogens (tertiary/aromatic N) is 1. The highest BCUT2D eigenvalue weighted by molar-refractivity contribution is 8.00.